The molecule has 1 atom stereocenters. The van der Waals surface area contributed by atoms with Gasteiger partial charge in [0.1, 0.15) is 18.5 Å². The summed E-state index contributed by atoms with van der Waals surface area (Å²) in [7, 11) is 0. The molecule has 0 aliphatic carbocycles. The topological polar surface area (TPSA) is 61.7 Å². The monoisotopic (exact) mass is 301 g/mol. The smallest absolute Gasteiger partial charge is 0.119 e. The second-order valence-electron chi connectivity index (χ2n) is 5.61. The fourth-order valence-electron chi connectivity index (χ4n) is 1.72. The minimum atomic E-state index is -0.607. The molecule has 0 aliphatic rings. The number of benzene rings is 1. The number of ether oxygens (including phenoxy) is 1. The molecule has 0 fully saturated rings. The molecule has 0 bridgehead atoms. The lowest BCUT2D eigenvalue weighted by Crippen LogP contribution is -2.45. The van der Waals surface area contributed by atoms with E-state index >= 15 is 0 Å². The van der Waals surface area contributed by atoms with Gasteiger partial charge in [0.05, 0.1) is 0 Å². The van der Waals surface area contributed by atoms with Crippen molar-refractivity contribution >= 4 is 11.6 Å². The summed E-state index contributed by atoms with van der Waals surface area (Å²) in [4.78, 5) is 0. The number of hydrogen-bond acceptors (Lipinski definition) is 4. The number of hydrogen-bond donors (Lipinski definition) is 3. The molecular weight excluding hydrogens is 278 g/mol. The Morgan fingerprint density at radius 3 is 2.70 bits per heavy atom. The lowest BCUT2D eigenvalue weighted by molar-refractivity contribution is 0.0959. The van der Waals surface area contributed by atoms with Crippen molar-refractivity contribution in [2.75, 3.05) is 19.8 Å². The van der Waals surface area contributed by atoms with Crippen molar-refractivity contribution < 1.29 is 14.9 Å². The summed E-state index contributed by atoms with van der Waals surface area (Å²) in [6, 6.07) is 5.41. The van der Waals surface area contributed by atoms with Crippen molar-refractivity contribution in [2.24, 2.45) is 0 Å². The van der Waals surface area contributed by atoms with Crippen LogP contribution in [0, 0.1) is 6.92 Å². The van der Waals surface area contributed by atoms with Gasteiger partial charge in [0.25, 0.3) is 0 Å². The summed E-state index contributed by atoms with van der Waals surface area (Å²) >= 11 is 5.94. The van der Waals surface area contributed by atoms with Gasteiger partial charge in [0.2, 0.25) is 0 Å². The molecule has 1 aromatic rings. The van der Waals surface area contributed by atoms with Crippen LogP contribution in [-0.2, 0) is 0 Å². The molecule has 1 aromatic carbocycles. The predicted octanol–water partition coefficient (Wildman–Crippen LogP) is 2.14. The zero-order chi connectivity index (χ0) is 15.2. The van der Waals surface area contributed by atoms with Crippen LogP contribution in [-0.4, -0.2) is 41.6 Å². The van der Waals surface area contributed by atoms with Crippen molar-refractivity contribution in [3.05, 3.63) is 28.8 Å². The van der Waals surface area contributed by atoms with E-state index in [9.17, 15) is 5.11 Å². The molecule has 1 rings (SSSR count). The Hall–Kier alpha value is -0.810. The van der Waals surface area contributed by atoms with Crippen molar-refractivity contribution in [2.45, 2.75) is 38.8 Å². The molecule has 0 aliphatic heterocycles. The van der Waals surface area contributed by atoms with Gasteiger partial charge in [-0.3, -0.25) is 0 Å². The first-order valence-electron chi connectivity index (χ1n) is 6.77. The van der Waals surface area contributed by atoms with Gasteiger partial charge in [-0.05, 0) is 51.0 Å². The number of aliphatic hydroxyl groups is 2. The highest BCUT2D eigenvalue weighted by atomic mass is 35.5. The Morgan fingerprint density at radius 2 is 2.10 bits per heavy atom. The SMILES string of the molecule is Cc1cc(OCC(O)CNC(C)(C)CCO)ccc1Cl. The van der Waals surface area contributed by atoms with Gasteiger partial charge in [-0.25, -0.2) is 0 Å². The number of halogens is 1. The maximum Gasteiger partial charge on any atom is 0.119 e. The number of aryl methyl sites for hydroxylation is 1. The molecule has 0 saturated carbocycles. The summed E-state index contributed by atoms with van der Waals surface area (Å²) in [5.41, 5.74) is 0.743. The third kappa shape index (κ3) is 6.09. The van der Waals surface area contributed by atoms with Crippen LogP contribution in [0.2, 0.25) is 5.02 Å². The molecule has 0 radical (unpaired) electrons. The second-order valence-corrected chi connectivity index (χ2v) is 6.02. The molecule has 0 aromatic heterocycles. The molecule has 0 amide bonds. The van der Waals surface area contributed by atoms with Crippen LogP contribution >= 0.6 is 11.6 Å². The van der Waals surface area contributed by atoms with Gasteiger partial charge >= 0.3 is 0 Å². The molecule has 0 spiro atoms. The molecular formula is C15H24ClNO3. The second kappa shape index (κ2) is 7.84. The average molecular weight is 302 g/mol. The number of rotatable bonds is 8. The molecule has 114 valence electrons. The van der Waals surface area contributed by atoms with E-state index in [0.29, 0.717) is 23.7 Å². The number of β-amino-alcohol motifs (C(OH)–C–C–N with tert-alkyl or cyclic N) is 1. The van der Waals surface area contributed by atoms with Crippen molar-refractivity contribution in [1.29, 1.82) is 0 Å². The van der Waals surface area contributed by atoms with E-state index in [1.165, 1.54) is 0 Å². The highest BCUT2D eigenvalue weighted by molar-refractivity contribution is 6.31. The lowest BCUT2D eigenvalue weighted by Gasteiger charge is -2.27. The highest BCUT2D eigenvalue weighted by Crippen LogP contribution is 2.21. The molecule has 5 heteroatoms. The van der Waals surface area contributed by atoms with Crippen LogP contribution in [0.4, 0.5) is 0 Å². The van der Waals surface area contributed by atoms with E-state index < -0.39 is 6.10 Å². The fraction of sp³-hybridized carbons (Fsp3) is 0.600. The maximum atomic E-state index is 9.89. The zero-order valence-electron chi connectivity index (χ0n) is 12.3. The summed E-state index contributed by atoms with van der Waals surface area (Å²) in [5, 5.41) is 22.7. The molecule has 3 N–H and O–H groups in total. The zero-order valence-corrected chi connectivity index (χ0v) is 13.1. The van der Waals surface area contributed by atoms with Crippen molar-refractivity contribution in [1.82, 2.24) is 5.32 Å². The van der Waals surface area contributed by atoms with E-state index in [4.69, 9.17) is 21.4 Å². The van der Waals surface area contributed by atoms with Crippen LogP contribution in [0.1, 0.15) is 25.8 Å². The quantitative estimate of drug-likeness (QED) is 0.688. The first-order chi connectivity index (χ1) is 9.34. The van der Waals surface area contributed by atoms with E-state index in [1.54, 1.807) is 12.1 Å². The van der Waals surface area contributed by atoms with Gasteiger partial charge in [-0.15, -0.1) is 0 Å². The van der Waals surface area contributed by atoms with E-state index in [-0.39, 0.29) is 18.8 Å². The van der Waals surface area contributed by atoms with Crippen molar-refractivity contribution in [3.63, 3.8) is 0 Å². The standard InChI is InChI=1S/C15H24ClNO3/c1-11-8-13(4-5-14(11)16)20-10-12(19)9-17-15(2,3)6-7-18/h4-5,8,12,17-19H,6-7,9-10H2,1-3H3. The number of nitrogens with one attached hydrogen (secondary N) is 1. The third-order valence-electron chi connectivity index (χ3n) is 3.12. The van der Waals surface area contributed by atoms with Gasteiger partial charge < -0.3 is 20.3 Å². The van der Waals surface area contributed by atoms with E-state index in [1.807, 2.05) is 26.8 Å². The minimum absolute atomic E-state index is 0.122. The van der Waals surface area contributed by atoms with Crippen LogP contribution in [0.25, 0.3) is 0 Å². The van der Waals surface area contributed by atoms with E-state index in [0.717, 1.165) is 5.56 Å². The van der Waals surface area contributed by atoms with Crippen LogP contribution in [0.5, 0.6) is 5.75 Å². The third-order valence-corrected chi connectivity index (χ3v) is 3.55. The molecule has 1 unspecified atom stereocenters. The minimum Gasteiger partial charge on any atom is -0.491 e. The van der Waals surface area contributed by atoms with Crippen LogP contribution in [0.15, 0.2) is 18.2 Å². The molecule has 4 nitrogen and oxygen atoms in total. The summed E-state index contributed by atoms with van der Waals surface area (Å²) < 4.78 is 5.53. The van der Waals surface area contributed by atoms with E-state index in [2.05, 4.69) is 5.32 Å². The number of aliphatic hydroxyl groups excluding tert-OH is 2. The predicted molar refractivity (Wildman–Crippen MR) is 81.5 cm³/mol. The fourth-order valence-corrected chi connectivity index (χ4v) is 1.84. The van der Waals surface area contributed by atoms with Gasteiger partial charge in [0.15, 0.2) is 0 Å². The van der Waals surface area contributed by atoms with Gasteiger partial charge in [-0.1, -0.05) is 11.6 Å². The Labute approximate surface area is 125 Å². The Kier molecular flexibility index (Phi) is 6.76. The Bertz CT molecular complexity index is 424. The van der Waals surface area contributed by atoms with Crippen LogP contribution < -0.4 is 10.1 Å². The van der Waals surface area contributed by atoms with Gasteiger partial charge in [-0.2, -0.15) is 0 Å². The summed E-state index contributed by atoms with van der Waals surface area (Å²) in [6.07, 6.45) is 0.0284. The molecule has 0 saturated heterocycles. The Morgan fingerprint density at radius 1 is 1.40 bits per heavy atom. The largest absolute Gasteiger partial charge is 0.491 e. The maximum absolute atomic E-state index is 9.89. The summed E-state index contributed by atoms with van der Waals surface area (Å²) in [5.74, 6) is 0.695. The lowest BCUT2D eigenvalue weighted by atomic mass is 10.0. The molecule has 0 heterocycles. The summed E-state index contributed by atoms with van der Waals surface area (Å²) in [6.45, 7) is 6.63. The normalized spacial score (nSPS) is 13.3. The average Bonchev–Trinajstić information content (AvgIpc) is 2.38. The first kappa shape index (κ1) is 17.2. The van der Waals surface area contributed by atoms with Crippen LogP contribution in [0.3, 0.4) is 0 Å². The molecule has 20 heavy (non-hydrogen) atoms. The Balaban J connectivity index is 2.36. The first-order valence-corrected chi connectivity index (χ1v) is 7.15. The van der Waals surface area contributed by atoms with Gasteiger partial charge in [0, 0.05) is 23.7 Å². The van der Waals surface area contributed by atoms with Crippen molar-refractivity contribution in [3.8, 4) is 5.75 Å². The highest BCUT2D eigenvalue weighted by Gasteiger charge is 2.17.